The molecule has 2 rings (SSSR count). The summed E-state index contributed by atoms with van der Waals surface area (Å²) < 4.78 is 16.6. The van der Waals surface area contributed by atoms with E-state index in [2.05, 4.69) is 5.32 Å². The Morgan fingerprint density at radius 2 is 1.58 bits per heavy atom. The molecule has 5 heteroatoms. The zero-order valence-corrected chi connectivity index (χ0v) is 15.8. The number of amides is 1. The molecule has 0 saturated heterocycles. The van der Waals surface area contributed by atoms with Crippen LogP contribution in [0.2, 0.25) is 0 Å². The molecule has 0 radical (unpaired) electrons. The summed E-state index contributed by atoms with van der Waals surface area (Å²) >= 11 is 0. The lowest BCUT2D eigenvalue weighted by atomic mass is 10.2. The van der Waals surface area contributed by atoms with E-state index in [1.54, 1.807) is 7.11 Å². The zero-order chi connectivity index (χ0) is 18.9. The van der Waals surface area contributed by atoms with E-state index in [-0.39, 0.29) is 11.9 Å². The molecule has 0 aliphatic rings. The molecule has 0 spiro atoms. The van der Waals surface area contributed by atoms with E-state index < -0.39 is 6.10 Å². The molecule has 2 unspecified atom stereocenters. The molecule has 1 N–H and O–H groups in total. The highest BCUT2D eigenvalue weighted by Crippen LogP contribution is 2.17. The van der Waals surface area contributed by atoms with Gasteiger partial charge in [-0.05, 0) is 56.7 Å². The smallest absolute Gasteiger partial charge is 0.261 e. The number of methoxy groups -OCH3 is 1. The van der Waals surface area contributed by atoms with Crippen molar-refractivity contribution in [2.75, 3.05) is 13.7 Å². The normalized spacial score (nSPS) is 12.8. The molecule has 0 aliphatic carbocycles. The monoisotopic (exact) mass is 357 g/mol. The summed E-state index contributed by atoms with van der Waals surface area (Å²) in [5, 5.41) is 2.94. The molecule has 2 aromatic carbocycles. The van der Waals surface area contributed by atoms with Crippen LogP contribution in [0.3, 0.4) is 0 Å². The Bertz CT molecular complexity index is 682. The number of carbonyl (C=O) groups is 1. The first-order valence-corrected chi connectivity index (χ1v) is 8.82. The summed E-state index contributed by atoms with van der Waals surface area (Å²) in [5.41, 5.74) is 1.15. The van der Waals surface area contributed by atoms with E-state index in [1.807, 2.05) is 69.3 Å². The van der Waals surface area contributed by atoms with Crippen molar-refractivity contribution in [1.29, 1.82) is 0 Å². The van der Waals surface area contributed by atoms with E-state index in [0.717, 1.165) is 17.1 Å². The van der Waals surface area contributed by atoms with E-state index in [9.17, 15) is 4.79 Å². The second kappa shape index (κ2) is 9.70. The predicted molar refractivity (Wildman–Crippen MR) is 102 cm³/mol. The Labute approximate surface area is 155 Å². The Hall–Kier alpha value is -2.69. The number of benzene rings is 2. The van der Waals surface area contributed by atoms with Gasteiger partial charge in [0.05, 0.1) is 13.2 Å². The largest absolute Gasteiger partial charge is 0.497 e. The topological polar surface area (TPSA) is 56.8 Å². The molecule has 2 aromatic rings. The van der Waals surface area contributed by atoms with Gasteiger partial charge in [0.1, 0.15) is 23.9 Å². The van der Waals surface area contributed by atoms with Crippen molar-refractivity contribution in [3.8, 4) is 17.2 Å². The lowest BCUT2D eigenvalue weighted by molar-refractivity contribution is -0.128. The number of hydrogen-bond donors (Lipinski definition) is 1. The molecule has 0 aliphatic heterocycles. The second-order valence-corrected chi connectivity index (χ2v) is 6.22. The molecule has 2 atom stereocenters. The molecule has 140 valence electrons. The third-order valence-electron chi connectivity index (χ3n) is 3.91. The first kappa shape index (κ1) is 19.6. The van der Waals surface area contributed by atoms with Crippen LogP contribution in [0.15, 0.2) is 48.5 Å². The zero-order valence-electron chi connectivity index (χ0n) is 15.8. The fourth-order valence-corrected chi connectivity index (χ4v) is 2.37. The number of aryl methyl sites for hydroxylation is 1. The van der Waals surface area contributed by atoms with Crippen LogP contribution < -0.4 is 19.5 Å². The maximum atomic E-state index is 12.4. The number of rotatable bonds is 9. The van der Waals surface area contributed by atoms with Crippen LogP contribution >= 0.6 is 0 Å². The first-order chi connectivity index (χ1) is 12.5. The van der Waals surface area contributed by atoms with Crippen molar-refractivity contribution in [2.45, 2.75) is 39.3 Å². The van der Waals surface area contributed by atoms with Gasteiger partial charge in [-0.25, -0.2) is 0 Å². The van der Waals surface area contributed by atoms with E-state index in [4.69, 9.17) is 14.2 Å². The molecule has 1 amide bonds. The van der Waals surface area contributed by atoms with Crippen LogP contribution in [0.1, 0.15) is 25.8 Å². The maximum Gasteiger partial charge on any atom is 0.261 e. The number of carbonyl (C=O) groups excluding carboxylic acids is 1. The Kier molecular flexibility index (Phi) is 7.33. The van der Waals surface area contributed by atoms with Crippen LogP contribution in [-0.2, 0) is 4.79 Å². The quantitative estimate of drug-likeness (QED) is 0.743. The Morgan fingerprint density at radius 1 is 1.00 bits per heavy atom. The number of nitrogens with one attached hydrogen (secondary N) is 1. The lowest BCUT2D eigenvalue weighted by Crippen LogP contribution is -2.44. The molecule has 0 saturated carbocycles. The van der Waals surface area contributed by atoms with Crippen molar-refractivity contribution < 1.29 is 19.0 Å². The van der Waals surface area contributed by atoms with Gasteiger partial charge in [-0.15, -0.1) is 0 Å². The van der Waals surface area contributed by atoms with Gasteiger partial charge in [0.25, 0.3) is 5.91 Å². The molecule has 0 bridgehead atoms. The predicted octanol–water partition coefficient (Wildman–Crippen LogP) is 3.74. The van der Waals surface area contributed by atoms with Gasteiger partial charge in [0.15, 0.2) is 6.10 Å². The molecular weight excluding hydrogens is 330 g/mol. The fraction of sp³-hybridized carbons (Fsp3) is 0.381. The summed E-state index contributed by atoms with van der Waals surface area (Å²) in [6, 6.07) is 14.9. The molecule has 0 heterocycles. The van der Waals surface area contributed by atoms with Gasteiger partial charge in [0.2, 0.25) is 0 Å². The average Bonchev–Trinajstić information content (AvgIpc) is 2.66. The van der Waals surface area contributed by atoms with Crippen LogP contribution in [0.25, 0.3) is 0 Å². The van der Waals surface area contributed by atoms with Crippen molar-refractivity contribution in [3.05, 3.63) is 54.1 Å². The third kappa shape index (κ3) is 5.99. The summed E-state index contributed by atoms with van der Waals surface area (Å²) in [5.74, 6) is 2.06. The van der Waals surface area contributed by atoms with Crippen molar-refractivity contribution in [2.24, 2.45) is 0 Å². The van der Waals surface area contributed by atoms with Crippen molar-refractivity contribution >= 4 is 5.91 Å². The lowest BCUT2D eigenvalue weighted by Gasteiger charge is -2.21. The first-order valence-electron chi connectivity index (χ1n) is 8.82. The minimum absolute atomic E-state index is 0.139. The van der Waals surface area contributed by atoms with Gasteiger partial charge in [-0.2, -0.15) is 0 Å². The van der Waals surface area contributed by atoms with Gasteiger partial charge in [-0.1, -0.05) is 24.6 Å². The fourth-order valence-electron chi connectivity index (χ4n) is 2.37. The summed E-state index contributed by atoms with van der Waals surface area (Å²) in [7, 11) is 1.62. The highest BCUT2D eigenvalue weighted by Gasteiger charge is 2.20. The van der Waals surface area contributed by atoms with Crippen LogP contribution in [0.4, 0.5) is 0 Å². The van der Waals surface area contributed by atoms with E-state index in [1.165, 1.54) is 0 Å². The molecular formula is C21H27NO4. The third-order valence-corrected chi connectivity index (χ3v) is 3.91. The van der Waals surface area contributed by atoms with Gasteiger partial charge in [-0.3, -0.25) is 4.79 Å². The number of hydrogen-bond acceptors (Lipinski definition) is 4. The summed E-state index contributed by atoms with van der Waals surface area (Å²) in [6.45, 7) is 6.22. The Balaban J connectivity index is 1.82. The van der Waals surface area contributed by atoms with Gasteiger partial charge >= 0.3 is 0 Å². The maximum absolute atomic E-state index is 12.4. The molecule has 5 nitrogen and oxygen atoms in total. The van der Waals surface area contributed by atoms with Crippen LogP contribution in [-0.4, -0.2) is 31.8 Å². The van der Waals surface area contributed by atoms with Crippen LogP contribution in [0.5, 0.6) is 17.2 Å². The van der Waals surface area contributed by atoms with Gasteiger partial charge < -0.3 is 19.5 Å². The van der Waals surface area contributed by atoms with Crippen LogP contribution in [0, 0.1) is 6.92 Å². The van der Waals surface area contributed by atoms with Crippen molar-refractivity contribution in [1.82, 2.24) is 5.32 Å². The number of ether oxygens (including phenoxy) is 3. The standard InChI is InChI=1S/C21H27NO4/c1-5-20(26-19-8-6-15(2)7-9-19)21(23)22-16(3)14-25-18-12-10-17(24-4)11-13-18/h6-13,16,20H,5,14H2,1-4H3,(H,22,23). The highest BCUT2D eigenvalue weighted by atomic mass is 16.5. The summed E-state index contributed by atoms with van der Waals surface area (Å²) in [6.07, 6.45) is 0.0623. The van der Waals surface area contributed by atoms with E-state index in [0.29, 0.717) is 18.8 Å². The molecule has 26 heavy (non-hydrogen) atoms. The van der Waals surface area contributed by atoms with Gasteiger partial charge in [0, 0.05) is 0 Å². The minimum Gasteiger partial charge on any atom is -0.497 e. The SMILES string of the molecule is CCC(Oc1ccc(C)cc1)C(=O)NC(C)COc1ccc(OC)cc1. The average molecular weight is 357 g/mol. The molecule has 0 fully saturated rings. The second-order valence-electron chi connectivity index (χ2n) is 6.22. The van der Waals surface area contributed by atoms with E-state index >= 15 is 0 Å². The molecule has 0 aromatic heterocycles. The van der Waals surface area contributed by atoms with Crippen molar-refractivity contribution in [3.63, 3.8) is 0 Å². The minimum atomic E-state index is -0.527. The Morgan fingerprint density at radius 3 is 2.15 bits per heavy atom. The highest BCUT2D eigenvalue weighted by molar-refractivity contribution is 5.81. The summed E-state index contributed by atoms with van der Waals surface area (Å²) in [4.78, 5) is 12.4.